The highest BCUT2D eigenvalue weighted by atomic mass is 32.2. The molecule has 2 aromatic rings. The highest BCUT2D eigenvalue weighted by Gasteiger charge is 2.31. The first kappa shape index (κ1) is 20.3. The third-order valence-electron chi connectivity index (χ3n) is 5.90. The van der Waals surface area contributed by atoms with Crippen LogP contribution in [0.25, 0.3) is 0 Å². The van der Waals surface area contributed by atoms with Crippen molar-refractivity contribution in [1.29, 1.82) is 0 Å². The van der Waals surface area contributed by atoms with Crippen molar-refractivity contribution in [2.75, 3.05) is 11.9 Å². The molecule has 3 N–H and O–H groups in total. The maximum atomic E-state index is 13.3. The molecule has 1 unspecified atom stereocenters. The van der Waals surface area contributed by atoms with E-state index in [1.807, 2.05) is 0 Å². The molecule has 0 aromatic carbocycles. The fourth-order valence-corrected chi connectivity index (χ4v) is 5.74. The average Bonchev–Trinajstić information content (AvgIpc) is 3.45. The van der Waals surface area contributed by atoms with Gasteiger partial charge >= 0.3 is 12.6 Å². The molecule has 1 aliphatic heterocycles. The molecule has 3 heterocycles. The van der Waals surface area contributed by atoms with Crippen molar-refractivity contribution in [3.63, 3.8) is 0 Å². The number of aromatic nitrogens is 3. The maximum absolute atomic E-state index is 13.3. The standard InChI is InChI=1S/C19H22F2N6O3S/c20-18(21)27-17-12(6-3-9-30-17)16(25-27)31(22,29)26-19(28)24-15-10-4-1-7-13(10)23-14-8-2-5-11(14)15/h18H,1-9H2,(H3,22,23,24,26,28,29). The first-order valence-electron chi connectivity index (χ1n) is 10.3. The molecule has 166 valence electrons. The van der Waals surface area contributed by atoms with Gasteiger partial charge in [-0.1, -0.05) is 0 Å². The summed E-state index contributed by atoms with van der Waals surface area (Å²) < 4.78 is 49.1. The molecule has 0 bridgehead atoms. The van der Waals surface area contributed by atoms with E-state index in [1.165, 1.54) is 0 Å². The Morgan fingerprint density at radius 2 is 1.74 bits per heavy atom. The van der Waals surface area contributed by atoms with Crippen molar-refractivity contribution in [2.24, 2.45) is 9.50 Å². The van der Waals surface area contributed by atoms with E-state index >= 15 is 0 Å². The van der Waals surface area contributed by atoms with Crippen LogP contribution in [0.15, 0.2) is 9.39 Å². The van der Waals surface area contributed by atoms with Gasteiger partial charge < -0.3 is 10.1 Å². The third kappa shape index (κ3) is 3.47. The van der Waals surface area contributed by atoms with Gasteiger partial charge in [0.25, 0.3) is 0 Å². The summed E-state index contributed by atoms with van der Waals surface area (Å²) in [6, 6.07) is -0.890. The van der Waals surface area contributed by atoms with Gasteiger partial charge in [0.2, 0.25) is 5.88 Å². The molecule has 0 radical (unpaired) electrons. The number of carbonyl (C=O) groups excluding carboxylic acids is 1. The van der Waals surface area contributed by atoms with Crippen LogP contribution in [0.4, 0.5) is 19.3 Å². The minimum atomic E-state index is -3.86. The lowest BCUT2D eigenvalue weighted by atomic mass is 10.1. The van der Waals surface area contributed by atoms with Crippen LogP contribution in [-0.4, -0.2) is 31.6 Å². The Balaban J connectivity index is 1.51. The SMILES string of the molecule is NS(=O)(=NC(=O)Nc1c2c(nc3c1CCC3)CCC2)c1nn(C(F)F)c2c1CCCO2. The molecule has 2 aliphatic carbocycles. The van der Waals surface area contributed by atoms with E-state index < -0.39 is 22.5 Å². The number of amides is 2. The van der Waals surface area contributed by atoms with Crippen molar-refractivity contribution in [2.45, 2.75) is 62.9 Å². The molecule has 0 saturated heterocycles. The van der Waals surface area contributed by atoms with Crippen LogP contribution in [0, 0.1) is 0 Å². The maximum Gasteiger partial charge on any atom is 0.354 e. The molecular formula is C19H22F2N6O3S. The number of hydrogen-bond donors (Lipinski definition) is 2. The number of aryl methyl sites for hydroxylation is 2. The predicted molar refractivity (Wildman–Crippen MR) is 108 cm³/mol. The number of urea groups is 1. The summed E-state index contributed by atoms with van der Waals surface area (Å²) in [5.74, 6) is -0.171. The highest BCUT2D eigenvalue weighted by molar-refractivity contribution is 7.91. The van der Waals surface area contributed by atoms with Gasteiger partial charge in [0.15, 0.2) is 14.9 Å². The summed E-state index contributed by atoms with van der Waals surface area (Å²) >= 11 is 0. The van der Waals surface area contributed by atoms with E-state index in [-0.39, 0.29) is 23.1 Å². The van der Waals surface area contributed by atoms with Gasteiger partial charge in [-0.3, -0.25) is 4.98 Å². The number of nitrogens with zero attached hydrogens (tertiary/aromatic N) is 4. The van der Waals surface area contributed by atoms with Gasteiger partial charge in [-0.05, 0) is 62.5 Å². The number of halogens is 2. The quantitative estimate of drug-likeness (QED) is 0.741. The van der Waals surface area contributed by atoms with Gasteiger partial charge in [0, 0.05) is 11.4 Å². The van der Waals surface area contributed by atoms with Crippen LogP contribution < -0.4 is 15.2 Å². The Bertz CT molecular complexity index is 1170. The summed E-state index contributed by atoms with van der Waals surface area (Å²) in [5, 5.41) is 12.0. The van der Waals surface area contributed by atoms with Gasteiger partial charge in [-0.2, -0.15) is 18.6 Å². The Morgan fingerprint density at radius 3 is 2.39 bits per heavy atom. The van der Waals surface area contributed by atoms with Crippen LogP contribution in [0.3, 0.4) is 0 Å². The number of anilines is 1. The molecule has 0 saturated carbocycles. The molecule has 5 rings (SSSR count). The molecule has 0 spiro atoms. The van der Waals surface area contributed by atoms with E-state index in [1.54, 1.807) is 0 Å². The van der Waals surface area contributed by atoms with Crippen molar-refractivity contribution in [3.05, 3.63) is 28.1 Å². The smallest absolute Gasteiger partial charge is 0.354 e. The fourth-order valence-electron chi connectivity index (χ4n) is 4.62. The molecule has 2 aromatic heterocycles. The number of pyridine rings is 1. The Kier molecular flexibility index (Phi) is 4.93. The van der Waals surface area contributed by atoms with E-state index in [2.05, 4.69) is 14.8 Å². The molecule has 2 amide bonds. The fraction of sp³-hybridized carbons (Fsp3) is 0.526. The summed E-state index contributed by atoms with van der Waals surface area (Å²) in [6.07, 6.45) is 6.06. The number of alkyl halides is 2. The van der Waals surface area contributed by atoms with Crippen LogP contribution >= 0.6 is 0 Å². The number of hydrogen-bond acceptors (Lipinski definition) is 5. The van der Waals surface area contributed by atoms with Crippen LogP contribution in [0.1, 0.15) is 53.9 Å². The van der Waals surface area contributed by atoms with E-state index in [4.69, 9.17) is 14.9 Å². The monoisotopic (exact) mass is 452 g/mol. The second kappa shape index (κ2) is 7.52. The Morgan fingerprint density at radius 1 is 1.10 bits per heavy atom. The molecule has 1 atom stereocenters. The summed E-state index contributed by atoms with van der Waals surface area (Å²) in [6.45, 7) is -2.75. The summed E-state index contributed by atoms with van der Waals surface area (Å²) in [5.41, 5.74) is 4.82. The lowest BCUT2D eigenvalue weighted by Gasteiger charge is -2.15. The molecule has 0 fully saturated rings. The van der Waals surface area contributed by atoms with Gasteiger partial charge in [-0.15, -0.1) is 4.36 Å². The largest absolute Gasteiger partial charge is 0.477 e. The van der Waals surface area contributed by atoms with Crippen LogP contribution in [0.2, 0.25) is 0 Å². The number of carbonyl (C=O) groups is 1. The number of rotatable bonds is 3. The van der Waals surface area contributed by atoms with E-state index in [9.17, 15) is 17.8 Å². The predicted octanol–water partition coefficient (Wildman–Crippen LogP) is 2.91. The third-order valence-corrected chi connectivity index (χ3v) is 7.22. The molecule has 3 aliphatic rings. The topological polar surface area (TPSA) is 124 Å². The number of fused-ring (bicyclic) bond motifs is 3. The normalized spacial score (nSPS) is 18.7. The lowest BCUT2D eigenvalue weighted by Crippen LogP contribution is -2.21. The number of nitrogens with one attached hydrogen (secondary N) is 1. The minimum absolute atomic E-state index is 0.171. The zero-order chi connectivity index (χ0) is 21.8. The zero-order valence-electron chi connectivity index (χ0n) is 16.7. The van der Waals surface area contributed by atoms with Gasteiger partial charge in [0.05, 0.1) is 17.9 Å². The van der Waals surface area contributed by atoms with Gasteiger partial charge in [0.1, 0.15) is 0 Å². The number of ether oxygens (including phenoxy) is 1. The highest BCUT2D eigenvalue weighted by Crippen LogP contribution is 2.37. The van der Waals surface area contributed by atoms with Crippen molar-refractivity contribution < 1.29 is 22.5 Å². The van der Waals surface area contributed by atoms with Crippen molar-refractivity contribution in [3.8, 4) is 5.88 Å². The van der Waals surface area contributed by atoms with E-state index in [0.29, 0.717) is 23.2 Å². The first-order chi connectivity index (χ1) is 14.8. The summed E-state index contributed by atoms with van der Waals surface area (Å²) in [7, 11) is -3.86. The van der Waals surface area contributed by atoms with Crippen LogP contribution in [-0.2, 0) is 42.0 Å². The van der Waals surface area contributed by atoms with Crippen molar-refractivity contribution >= 4 is 21.6 Å². The van der Waals surface area contributed by atoms with Crippen molar-refractivity contribution in [1.82, 2.24) is 14.8 Å². The second-order valence-electron chi connectivity index (χ2n) is 7.90. The molecule has 31 heavy (non-hydrogen) atoms. The van der Waals surface area contributed by atoms with E-state index in [0.717, 1.165) is 61.0 Å². The first-order valence-corrected chi connectivity index (χ1v) is 11.8. The Hall–Kier alpha value is -2.60. The Labute approximate surface area is 177 Å². The van der Waals surface area contributed by atoms with Crippen LogP contribution in [0.5, 0.6) is 5.88 Å². The minimum Gasteiger partial charge on any atom is -0.477 e. The molecule has 12 heteroatoms. The van der Waals surface area contributed by atoms with Gasteiger partial charge in [-0.25, -0.2) is 14.1 Å². The number of nitrogens with two attached hydrogens (primary N) is 1. The lowest BCUT2D eigenvalue weighted by molar-refractivity contribution is 0.0432. The zero-order valence-corrected chi connectivity index (χ0v) is 17.5. The molecule has 9 nitrogen and oxygen atoms in total. The summed E-state index contributed by atoms with van der Waals surface area (Å²) in [4.78, 5) is 17.5. The molecular weight excluding hydrogens is 430 g/mol. The second-order valence-corrected chi connectivity index (χ2v) is 9.60. The average molecular weight is 452 g/mol.